The smallest absolute Gasteiger partial charge is 0.0900 e. The maximum absolute atomic E-state index is 9.83. The van der Waals surface area contributed by atoms with Gasteiger partial charge in [-0.05, 0) is 31.2 Å². The maximum atomic E-state index is 9.83. The number of rotatable bonds is 4. The molecule has 3 aliphatic rings. The van der Waals surface area contributed by atoms with Crippen molar-refractivity contribution in [1.82, 2.24) is 9.80 Å². The van der Waals surface area contributed by atoms with Crippen molar-refractivity contribution in [1.29, 1.82) is 0 Å². The molecule has 0 bridgehead atoms. The highest BCUT2D eigenvalue weighted by atomic mass is 16.5. The van der Waals surface area contributed by atoms with E-state index in [9.17, 15) is 5.11 Å². The molecule has 18 heavy (non-hydrogen) atoms. The average Bonchev–Trinajstić information content (AvgIpc) is 2.86. The summed E-state index contributed by atoms with van der Waals surface area (Å²) in [7, 11) is 1.65. The zero-order chi connectivity index (χ0) is 12.5. The molecule has 3 saturated heterocycles. The van der Waals surface area contributed by atoms with Crippen molar-refractivity contribution in [2.45, 2.75) is 31.4 Å². The lowest BCUT2D eigenvalue weighted by Crippen LogP contribution is -2.41. The molecule has 104 valence electrons. The molecule has 0 aromatic carbocycles. The van der Waals surface area contributed by atoms with Crippen molar-refractivity contribution in [2.75, 3.05) is 46.4 Å². The minimum Gasteiger partial charge on any atom is -0.389 e. The predicted molar refractivity (Wildman–Crippen MR) is 70.5 cm³/mol. The van der Waals surface area contributed by atoms with Gasteiger partial charge in [0.15, 0.2) is 0 Å². The number of likely N-dealkylation sites (tertiary alicyclic amines) is 1. The molecule has 0 aromatic heterocycles. The summed E-state index contributed by atoms with van der Waals surface area (Å²) < 4.78 is 5.01. The Morgan fingerprint density at radius 1 is 1.28 bits per heavy atom. The molecule has 3 heterocycles. The summed E-state index contributed by atoms with van der Waals surface area (Å²) in [5, 5.41) is 9.83. The molecule has 0 saturated carbocycles. The van der Waals surface area contributed by atoms with Gasteiger partial charge in [-0.25, -0.2) is 0 Å². The average molecular weight is 254 g/mol. The van der Waals surface area contributed by atoms with Crippen molar-refractivity contribution in [3.8, 4) is 0 Å². The number of aliphatic hydroxyl groups excluding tert-OH is 1. The largest absolute Gasteiger partial charge is 0.389 e. The molecule has 4 atom stereocenters. The number of β-amino-alcohol motifs (C(OH)–C–C–N with tert-alkyl or cyclic N) is 1. The van der Waals surface area contributed by atoms with Gasteiger partial charge >= 0.3 is 0 Å². The van der Waals surface area contributed by atoms with Gasteiger partial charge in [0.2, 0.25) is 0 Å². The SMILES string of the molecule is COC[C@H](O)CN1C[C@@H]2CN3CCCC[C@@H]3[C@H]2C1. The third kappa shape index (κ3) is 2.44. The van der Waals surface area contributed by atoms with Crippen LogP contribution in [0.4, 0.5) is 0 Å². The maximum Gasteiger partial charge on any atom is 0.0900 e. The first-order valence-electron chi connectivity index (χ1n) is 7.41. The van der Waals surface area contributed by atoms with Gasteiger partial charge in [-0.3, -0.25) is 9.80 Å². The van der Waals surface area contributed by atoms with Crippen LogP contribution in [0, 0.1) is 11.8 Å². The van der Waals surface area contributed by atoms with E-state index < -0.39 is 0 Å². The van der Waals surface area contributed by atoms with Gasteiger partial charge in [-0.15, -0.1) is 0 Å². The number of hydrogen-bond acceptors (Lipinski definition) is 4. The van der Waals surface area contributed by atoms with Crippen LogP contribution in [0.1, 0.15) is 19.3 Å². The number of methoxy groups -OCH3 is 1. The molecule has 0 amide bonds. The van der Waals surface area contributed by atoms with E-state index in [1.165, 1.54) is 45.4 Å². The summed E-state index contributed by atoms with van der Waals surface area (Å²) in [6, 6.07) is 0.841. The van der Waals surface area contributed by atoms with Gasteiger partial charge in [-0.1, -0.05) is 6.42 Å². The molecule has 4 nitrogen and oxygen atoms in total. The fourth-order valence-corrected chi connectivity index (χ4v) is 4.34. The molecule has 4 heteroatoms. The van der Waals surface area contributed by atoms with E-state index in [0.29, 0.717) is 6.61 Å². The van der Waals surface area contributed by atoms with Crippen LogP contribution in [0.25, 0.3) is 0 Å². The third-order valence-corrected chi connectivity index (χ3v) is 5.02. The second-order valence-corrected chi connectivity index (χ2v) is 6.31. The van der Waals surface area contributed by atoms with E-state index in [0.717, 1.165) is 24.4 Å². The normalized spacial score (nSPS) is 38.7. The van der Waals surface area contributed by atoms with Crippen molar-refractivity contribution >= 4 is 0 Å². The molecule has 0 aliphatic carbocycles. The van der Waals surface area contributed by atoms with Gasteiger partial charge in [-0.2, -0.15) is 0 Å². The first-order valence-corrected chi connectivity index (χ1v) is 7.41. The summed E-state index contributed by atoms with van der Waals surface area (Å²) in [6.45, 7) is 6.23. The summed E-state index contributed by atoms with van der Waals surface area (Å²) in [6.07, 6.45) is 3.88. The molecule has 3 aliphatic heterocycles. The summed E-state index contributed by atoms with van der Waals surface area (Å²) in [5.41, 5.74) is 0. The molecule has 3 rings (SSSR count). The topological polar surface area (TPSA) is 35.9 Å². The number of aliphatic hydroxyl groups is 1. The molecule has 1 N–H and O–H groups in total. The van der Waals surface area contributed by atoms with Gasteiger partial charge in [0.1, 0.15) is 0 Å². The predicted octanol–water partition coefficient (Wildman–Crippen LogP) is 0.410. The summed E-state index contributed by atoms with van der Waals surface area (Å²) in [5.74, 6) is 1.71. The Labute approximate surface area is 110 Å². The second-order valence-electron chi connectivity index (χ2n) is 6.31. The first-order chi connectivity index (χ1) is 8.78. The van der Waals surface area contributed by atoms with E-state index in [-0.39, 0.29) is 6.10 Å². The van der Waals surface area contributed by atoms with E-state index >= 15 is 0 Å². The van der Waals surface area contributed by atoms with E-state index in [1.54, 1.807) is 7.11 Å². The van der Waals surface area contributed by atoms with Crippen LogP contribution in [0.2, 0.25) is 0 Å². The minimum absolute atomic E-state index is 0.323. The zero-order valence-electron chi connectivity index (χ0n) is 11.4. The molecule has 3 fully saturated rings. The Morgan fingerprint density at radius 2 is 2.17 bits per heavy atom. The van der Waals surface area contributed by atoms with Crippen LogP contribution in [0.15, 0.2) is 0 Å². The Bertz CT molecular complexity index is 287. The minimum atomic E-state index is -0.323. The number of piperidine rings is 1. The van der Waals surface area contributed by atoms with Gasteiger partial charge in [0.25, 0.3) is 0 Å². The van der Waals surface area contributed by atoms with Crippen molar-refractivity contribution in [3.63, 3.8) is 0 Å². The molecule has 0 aromatic rings. The number of hydrogen-bond donors (Lipinski definition) is 1. The standard InChI is InChI=1S/C14H26N2O2/c1-18-10-12(17)8-15-6-11-7-16-5-3-2-4-14(16)13(11)9-15/h11-14,17H,2-10H2,1H3/t11-,12-,13+,14-/m1/s1. The summed E-state index contributed by atoms with van der Waals surface area (Å²) in [4.78, 5) is 5.17. The highest BCUT2D eigenvalue weighted by Crippen LogP contribution is 2.40. The van der Waals surface area contributed by atoms with E-state index in [2.05, 4.69) is 9.80 Å². The number of fused-ring (bicyclic) bond motifs is 3. The van der Waals surface area contributed by atoms with Crippen LogP contribution >= 0.6 is 0 Å². The lowest BCUT2D eigenvalue weighted by Gasteiger charge is -2.33. The fraction of sp³-hybridized carbons (Fsp3) is 1.00. The molecule has 0 unspecified atom stereocenters. The van der Waals surface area contributed by atoms with Gasteiger partial charge in [0.05, 0.1) is 12.7 Å². The number of nitrogens with zero attached hydrogens (tertiary/aromatic N) is 2. The van der Waals surface area contributed by atoms with Gasteiger partial charge < -0.3 is 9.84 Å². The third-order valence-electron chi connectivity index (χ3n) is 5.02. The van der Waals surface area contributed by atoms with Gasteiger partial charge in [0, 0.05) is 39.3 Å². The Balaban J connectivity index is 1.53. The Morgan fingerprint density at radius 3 is 3.00 bits per heavy atom. The summed E-state index contributed by atoms with van der Waals surface area (Å²) >= 11 is 0. The van der Waals surface area contributed by atoms with Crippen molar-refractivity contribution < 1.29 is 9.84 Å². The highest BCUT2D eigenvalue weighted by Gasteiger charge is 2.47. The van der Waals surface area contributed by atoms with E-state index in [1.807, 2.05) is 0 Å². The molecule has 0 spiro atoms. The molecular weight excluding hydrogens is 228 g/mol. The molecule has 0 radical (unpaired) electrons. The first kappa shape index (κ1) is 12.9. The monoisotopic (exact) mass is 254 g/mol. The van der Waals surface area contributed by atoms with Crippen LogP contribution in [0.5, 0.6) is 0 Å². The Kier molecular flexibility index (Phi) is 3.89. The van der Waals surface area contributed by atoms with Crippen LogP contribution in [-0.4, -0.2) is 73.5 Å². The lowest BCUT2D eigenvalue weighted by atomic mass is 9.90. The van der Waals surface area contributed by atoms with Crippen LogP contribution < -0.4 is 0 Å². The van der Waals surface area contributed by atoms with E-state index in [4.69, 9.17) is 4.74 Å². The fourth-order valence-electron chi connectivity index (χ4n) is 4.34. The van der Waals surface area contributed by atoms with Crippen molar-refractivity contribution in [2.24, 2.45) is 11.8 Å². The quantitative estimate of drug-likeness (QED) is 0.788. The van der Waals surface area contributed by atoms with Crippen LogP contribution in [-0.2, 0) is 4.74 Å². The lowest BCUT2D eigenvalue weighted by molar-refractivity contribution is 0.0387. The second kappa shape index (κ2) is 5.45. The highest BCUT2D eigenvalue weighted by molar-refractivity contribution is 5.00. The van der Waals surface area contributed by atoms with Crippen molar-refractivity contribution in [3.05, 3.63) is 0 Å². The van der Waals surface area contributed by atoms with Crippen LogP contribution in [0.3, 0.4) is 0 Å². The Hall–Kier alpha value is -0.160. The number of ether oxygens (including phenoxy) is 1. The zero-order valence-corrected chi connectivity index (χ0v) is 11.4. The molecular formula is C14H26N2O2.